The van der Waals surface area contributed by atoms with Crippen molar-refractivity contribution in [2.75, 3.05) is 5.75 Å². The van der Waals surface area contributed by atoms with Crippen molar-refractivity contribution in [2.24, 2.45) is 0 Å². The largest absolute Gasteiger partial charge is 0.327 e. The summed E-state index contributed by atoms with van der Waals surface area (Å²) < 4.78 is 66.0. The fourth-order valence-corrected chi connectivity index (χ4v) is 6.73. The lowest BCUT2D eigenvalue weighted by Crippen LogP contribution is -2.41. The summed E-state index contributed by atoms with van der Waals surface area (Å²) in [4.78, 5) is 14.8. The zero-order valence-electron chi connectivity index (χ0n) is 18.3. The molecule has 1 unspecified atom stereocenters. The summed E-state index contributed by atoms with van der Waals surface area (Å²) in [5, 5.41) is 0.496. The maximum Gasteiger partial charge on any atom is 0.273 e. The molecule has 0 radical (unpaired) electrons. The van der Waals surface area contributed by atoms with E-state index in [4.69, 9.17) is 0 Å². The van der Waals surface area contributed by atoms with Crippen LogP contribution < -0.4 is 5.56 Å². The lowest BCUT2D eigenvalue weighted by Gasteiger charge is -2.33. The van der Waals surface area contributed by atoms with Crippen molar-refractivity contribution in [1.82, 2.24) is 8.96 Å². The van der Waals surface area contributed by atoms with Crippen molar-refractivity contribution < 1.29 is 21.2 Å². The van der Waals surface area contributed by atoms with E-state index >= 15 is 0 Å². The molecule has 0 saturated carbocycles. The van der Waals surface area contributed by atoms with Crippen LogP contribution in [0.3, 0.4) is 0 Å². The van der Waals surface area contributed by atoms with Crippen molar-refractivity contribution >= 4 is 36.3 Å². The average Bonchev–Trinajstić information content (AvgIpc) is 3.22. The Morgan fingerprint density at radius 2 is 1.88 bits per heavy atom. The van der Waals surface area contributed by atoms with Gasteiger partial charge in [-0.3, -0.25) is 4.79 Å². The van der Waals surface area contributed by atoms with Crippen molar-refractivity contribution in [3.8, 4) is 0 Å². The van der Waals surface area contributed by atoms with E-state index in [9.17, 15) is 26.0 Å². The first-order valence-electron chi connectivity index (χ1n) is 10.3. The molecule has 2 aromatic heterocycles. The molecule has 1 aromatic carbocycles. The summed E-state index contributed by atoms with van der Waals surface area (Å²) in [5.74, 6) is -0.721. The predicted molar refractivity (Wildman–Crippen MR) is 126 cm³/mol. The molecule has 2 heterocycles. The van der Waals surface area contributed by atoms with Gasteiger partial charge in [0.1, 0.15) is 16.1 Å². The Balaban J connectivity index is 1.79. The Morgan fingerprint density at radius 1 is 1.15 bits per heavy atom. The molecule has 1 aliphatic rings. The third kappa shape index (κ3) is 3.57. The number of rotatable bonds is 5. The van der Waals surface area contributed by atoms with Crippen molar-refractivity contribution in [3.05, 3.63) is 82.2 Å². The molecular weight excluding hydrogens is 467 g/mol. The SMILES string of the molecule is CCS(=O)(=O)c1ccc(F)c(C2=CCC(C)(S(=O)(=O)n3ccc4cc[nH]c(=O)c43)C(C)=C2)c1. The molecule has 1 aliphatic carbocycles. The van der Waals surface area contributed by atoms with Gasteiger partial charge in [0.05, 0.1) is 10.6 Å². The van der Waals surface area contributed by atoms with Crippen LogP contribution in [0.2, 0.25) is 0 Å². The predicted octanol–water partition coefficient (Wildman–Crippen LogP) is 3.63. The molecule has 33 heavy (non-hydrogen) atoms. The van der Waals surface area contributed by atoms with Gasteiger partial charge in [-0.2, -0.15) is 0 Å². The normalized spacial score (nSPS) is 19.4. The first kappa shape index (κ1) is 23.2. The number of H-pyrrole nitrogens is 1. The molecule has 4 rings (SSSR count). The fraction of sp³-hybridized carbons (Fsp3) is 0.261. The zero-order chi connectivity index (χ0) is 24.2. The number of fused-ring (bicyclic) bond motifs is 1. The number of hydrogen-bond donors (Lipinski definition) is 1. The number of aromatic amines is 1. The smallest absolute Gasteiger partial charge is 0.273 e. The minimum Gasteiger partial charge on any atom is -0.327 e. The first-order chi connectivity index (χ1) is 15.4. The summed E-state index contributed by atoms with van der Waals surface area (Å²) in [6.45, 7) is 4.69. The average molecular weight is 491 g/mol. The fourth-order valence-electron chi connectivity index (χ4n) is 3.98. The number of nitrogens with zero attached hydrogens (tertiary/aromatic N) is 1. The van der Waals surface area contributed by atoms with Crippen LogP contribution >= 0.6 is 0 Å². The van der Waals surface area contributed by atoms with Gasteiger partial charge in [-0.15, -0.1) is 0 Å². The van der Waals surface area contributed by atoms with Crippen LogP contribution in [-0.4, -0.2) is 36.3 Å². The monoisotopic (exact) mass is 490 g/mol. The van der Waals surface area contributed by atoms with Gasteiger partial charge in [-0.1, -0.05) is 19.1 Å². The maximum absolute atomic E-state index is 14.6. The van der Waals surface area contributed by atoms with Gasteiger partial charge in [0.15, 0.2) is 9.84 Å². The van der Waals surface area contributed by atoms with Gasteiger partial charge in [-0.25, -0.2) is 25.2 Å². The molecule has 0 spiro atoms. The Bertz CT molecular complexity index is 1610. The molecule has 10 heteroatoms. The standard InChI is InChI=1S/C23H23FN2O5S2/c1-4-32(28,29)18-5-6-20(24)19(14-18)17-7-10-23(3,15(2)13-17)33(30,31)26-12-9-16-8-11-25-22(27)21(16)26/h5-9,11-14H,4,10H2,1-3H3,(H,25,27). The highest BCUT2D eigenvalue weighted by molar-refractivity contribution is 7.91. The van der Waals surface area contributed by atoms with Gasteiger partial charge >= 0.3 is 0 Å². The van der Waals surface area contributed by atoms with E-state index in [-0.39, 0.29) is 28.1 Å². The molecule has 0 aliphatic heterocycles. The van der Waals surface area contributed by atoms with E-state index in [1.54, 1.807) is 38.1 Å². The van der Waals surface area contributed by atoms with Gasteiger partial charge in [0, 0.05) is 23.3 Å². The number of aromatic nitrogens is 2. The molecule has 174 valence electrons. The summed E-state index contributed by atoms with van der Waals surface area (Å²) in [6.07, 6.45) is 5.96. The molecular formula is C23H23FN2O5S2. The molecule has 0 saturated heterocycles. The number of nitrogens with one attached hydrogen (secondary N) is 1. The van der Waals surface area contributed by atoms with Gasteiger partial charge in [0.25, 0.3) is 5.56 Å². The molecule has 0 bridgehead atoms. The van der Waals surface area contributed by atoms with Crippen LogP contribution in [0.25, 0.3) is 16.5 Å². The third-order valence-corrected chi connectivity index (χ3v) is 10.5. The minimum absolute atomic E-state index is 0.00680. The Kier molecular flexibility index (Phi) is 5.49. The molecule has 0 amide bonds. The minimum atomic E-state index is -4.07. The number of pyridine rings is 1. The highest BCUT2D eigenvalue weighted by Crippen LogP contribution is 2.40. The van der Waals surface area contributed by atoms with E-state index in [0.717, 1.165) is 10.0 Å². The number of sulfone groups is 1. The van der Waals surface area contributed by atoms with Crippen LogP contribution in [0, 0.1) is 5.82 Å². The van der Waals surface area contributed by atoms with Crippen molar-refractivity contribution in [2.45, 2.75) is 36.8 Å². The number of hydrogen-bond acceptors (Lipinski definition) is 5. The molecule has 7 nitrogen and oxygen atoms in total. The second-order valence-corrected chi connectivity index (χ2v) is 12.7. The molecule has 0 fully saturated rings. The van der Waals surface area contributed by atoms with E-state index in [1.165, 1.54) is 31.5 Å². The van der Waals surface area contributed by atoms with Crippen LogP contribution in [0.1, 0.15) is 32.8 Å². The molecule has 1 atom stereocenters. The van der Waals surface area contributed by atoms with Crippen LogP contribution in [0.5, 0.6) is 0 Å². The second kappa shape index (κ2) is 7.81. The highest BCUT2D eigenvalue weighted by atomic mass is 32.2. The summed E-state index contributed by atoms with van der Waals surface area (Å²) in [6, 6.07) is 6.78. The number of allylic oxidation sites excluding steroid dienone is 3. The molecule has 3 aromatic rings. The Labute approximate surface area is 191 Å². The quantitative estimate of drug-likeness (QED) is 0.550. The van der Waals surface area contributed by atoms with Crippen LogP contribution in [0.4, 0.5) is 4.39 Å². The van der Waals surface area contributed by atoms with E-state index < -0.39 is 36.0 Å². The van der Waals surface area contributed by atoms with E-state index in [2.05, 4.69) is 4.98 Å². The topological polar surface area (TPSA) is 106 Å². The summed E-state index contributed by atoms with van der Waals surface area (Å²) in [7, 11) is -7.61. The van der Waals surface area contributed by atoms with Crippen LogP contribution in [-0.2, 0) is 19.9 Å². The van der Waals surface area contributed by atoms with Gasteiger partial charge < -0.3 is 4.98 Å². The lowest BCUT2D eigenvalue weighted by molar-refractivity contribution is 0.547. The lowest BCUT2D eigenvalue weighted by atomic mass is 9.87. The molecule has 1 N–H and O–H groups in total. The first-order valence-corrected chi connectivity index (χ1v) is 13.4. The van der Waals surface area contributed by atoms with Crippen LogP contribution in [0.15, 0.2) is 70.1 Å². The zero-order valence-corrected chi connectivity index (χ0v) is 19.9. The van der Waals surface area contributed by atoms with E-state index in [1.807, 2.05) is 0 Å². The van der Waals surface area contributed by atoms with Crippen molar-refractivity contribution in [1.29, 1.82) is 0 Å². The Hall–Kier alpha value is -2.98. The van der Waals surface area contributed by atoms with Gasteiger partial charge in [0.2, 0.25) is 10.0 Å². The van der Waals surface area contributed by atoms with Gasteiger partial charge in [-0.05, 0) is 61.7 Å². The maximum atomic E-state index is 14.6. The number of halogens is 1. The number of benzene rings is 1. The Morgan fingerprint density at radius 3 is 2.55 bits per heavy atom. The summed E-state index contributed by atoms with van der Waals surface area (Å²) in [5.41, 5.74) is 0.448. The second-order valence-electron chi connectivity index (χ2n) is 8.19. The third-order valence-electron chi connectivity index (χ3n) is 6.31. The van der Waals surface area contributed by atoms with E-state index in [0.29, 0.717) is 16.5 Å². The van der Waals surface area contributed by atoms with Crippen molar-refractivity contribution in [3.63, 3.8) is 0 Å². The summed E-state index contributed by atoms with van der Waals surface area (Å²) >= 11 is 0. The highest BCUT2D eigenvalue weighted by Gasteiger charge is 2.43.